The van der Waals surface area contributed by atoms with E-state index in [2.05, 4.69) is 5.32 Å². The lowest BCUT2D eigenvalue weighted by Crippen LogP contribution is -2.39. The number of carbonyl (C=O) groups is 2. The van der Waals surface area contributed by atoms with Crippen molar-refractivity contribution in [2.24, 2.45) is 0 Å². The van der Waals surface area contributed by atoms with Crippen molar-refractivity contribution in [3.05, 3.63) is 0 Å². The van der Waals surface area contributed by atoms with E-state index in [0.717, 1.165) is 12.8 Å². The van der Waals surface area contributed by atoms with Gasteiger partial charge in [0.1, 0.15) is 0 Å². The normalized spacial score (nSPS) is 10.1. The van der Waals surface area contributed by atoms with Crippen LogP contribution in [0.15, 0.2) is 0 Å². The standard InChI is InChI=1S/C11H21ClN2O3/c1-14(11(16)5-3-4-6-12)9-10(15)13-7-8-17-2/h3-9H2,1-2H3,(H,13,15). The van der Waals surface area contributed by atoms with Gasteiger partial charge >= 0.3 is 0 Å². The Kier molecular flexibility index (Phi) is 9.86. The molecule has 0 unspecified atom stereocenters. The number of alkyl halides is 1. The van der Waals surface area contributed by atoms with Gasteiger partial charge < -0.3 is 15.0 Å². The van der Waals surface area contributed by atoms with Crippen molar-refractivity contribution < 1.29 is 14.3 Å². The summed E-state index contributed by atoms with van der Waals surface area (Å²) in [6, 6.07) is 0. The summed E-state index contributed by atoms with van der Waals surface area (Å²) in [5.74, 6) is 0.362. The van der Waals surface area contributed by atoms with Gasteiger partial charge in [0, 0.05) is 33.0 Å². The Hall–Kier alpha value is -0.810. The highest BCUT2D eigenvalue weighted by atomic mass is 35.5. The third kappa shape index (κ3) is 8.94. The summed E-state index contributed by atoms with van der Waals surface area (Å²) in [6.07, 6.45) is 2.02. The van der Waals surface area contributed by atoms with Crippen LogP contribution in [0.3, 0.4) is 0 Å². The van der Waals surface area contributed by atoms with E-state index < -0.39 is 0 Å². The second-order valence-electron chi connectivity index (χ2n) is 3.74. The van der Waals surface area contributed by atoms with Crippen LogP contribution in [0.4, 0.5) is 0 Å². The van der Waals surface area contributed by atoms with Gasteiger partial charge in [-0.15, -0.1) is 11.6 Å². The van der Waals surface area contributed by atoms with Crippen LogP contribution in [0.5, 0.6) is 0 Å². The van der Waals surface area contributed by atoms with Gasteiger partial charge in [0.05, 0.1) is 13.2 Å². The van der Waals surface area contributed by atoms with Crippen molar-refractivity contribution in [3.63, 3.8) is 0 Å². The van der Waals surface area contributed by atoms with Crippen LogP contribution >= 0.6 is 11.6 Å². The number of methoxy groups -OCH3 is 1. The third-order valence-corrected chi connectivity index (χ3v) is 2.48. The van der Waals surface area contributed by atoms with Crippen molar-refractivity contribution in [1.29, 1.82) is 0 Å². The number of hydrogen-bond acceptors (Lipinski definition) is 3. The van der Waals surface area contributed by atoms with Crippen LogP contribution in [0.25, 0.3) is 0 Å². The summed E-state index contributed by atoms with van der Waals surface area (Å²) in [4.78, 5) is 24.4. The first-order valence-electron chi connectivity index (χ1n) is 5.67. The van der Waals surface area contributed by atoms with E-state index in [1.165, 1.54) is 4.90 Å². The average Bonchev–Trinajstić information content (AvgIpc) is 2.29. The Bertz CT molecular complexity index is 237. The molecule has 0 bridgehead atoms. The van der Waals surface area contributed by atoms with E-state index in [4.69, 9.17) is 16.3 Å². The van der Waals surface area contributed by atoms with Crippen molar-refractivity contribution >= 4 is 23.4 Å². The smallest absolute Gasteiger partial charge is 0.239 e. The maximum atomic E-state index is 11.6. The summed E-state index contributed by atoms with van der Waals surface area (Å²) in [6.45, 7) is 1.02. The van der Waals surface area contributed by atoms with Crippen LogP contribution in [0.1, 0.15) is 19.3 Å². The first-order chi connectivity index (χ1) is 8.11. The molecular formula is C11H21ClN2O3. The molecule has 0 aliphatic carbocycles. The fraction of sp³-hybridized carbons (Fsp3) is 0.818. The molecule has 0 aliphatic heterocycles. The molecule has 0 aromatic heterocycles. The third-order valence-electron chi connectivity index (χ3n) is 2.21. The topological polar surface area (TPSA) is 58.6 Å². The predicted octanol–water partition coefficient (Wildman–Crippen LogP) is 0.617. The van der Waals surface area contributed by atoms with Gasteiger partial charge in [-0.05, 0) is 12.8 Å². The van der Waals surface area contributed by atoms with Crippen LogP contribution in [-0.2, 0) is 14.3 Å². The fourth-order valence-corrected chi connectivity index (χ4v) is 1.40. The minimum atomic E-state index is -0.171. The quantitative estimate of drug-likeness (QED) is 0.491. The molecule has 0 atom stereocenters. The molecule has 0 radical (unpaired) electrons. The van der Waals surface area contributed by atoms with Gasteiger partial charge in [-0.25, -0.2) is 0 Å². The molecule has 0 heterocycles. The fourth-order valence-electron chi connectivity index (χ4n) is 1.21. The van der Waals surface area contributed by atoms with Crippen LogP contribution in [0, 0.1) is 0 Å². The zero-order chi connectivity index (χ0) is 13.1. The molecule has 0 spiro atoms. The molecule has 0 rings (SSSR count). The van der Waals surface area contributed by atoms with E-state index in [9.17, 15) is 9.59 Å². The molecule has 0 saturated carbocycles. The van der Waals surface area contributed by atoms with Crippen LogP contribution in [-0.4, -0.2) is 56.4 Å². The Morgan fingerprint density at radius 3 is 2.65 bits per heavy atom. The molecule has 0 fully saturated rings. The molecule has 1 N–H and O–H groups in total. The molecule has 5 nitrogen and oxygen atoms in total. The summed E-state index contributed by atoms with van der Waals surface area (Å²) >= 11 is 5.52. The Morgan fingerprint density at radius 2 is 2.06 bits per heavy atom. The van der Waals surface area contributed by atoms with E-state index in [0.29, 0.717) is 25.5 Å². The number of nitrogens with one attached hydrogen (secondary N) is 1. The molecule has 0 aromatic rings. The maximum absolute atomic E-state index is 11.6. The van der Waals surface area contributed by atoms with Gasteiger partial charge in [0.15, 0.2) is 0 Å². The molecule has 2 amide bonds. The van der Waals surface area contributed by atoms with Crippen LogP contribution in [0.2, 0.25) is 0 Å². The second-order valence-corrected chi connectivity index (χ2v) is 4.12. The van der Waals surface area contributed by atoms with E-state index >= 15 is 0 Å². The van der Waals surface area contributed by atoms with E-state index in [1.54, 1.807) is 14.2 Å². The number of unbranched alkanes of at least 4 members (excludes halogenated alkanes) is 1. The summed E-state index contributed by atoms with van der Waals surface area (Å²) in [5, 5.41) is 2.66. The average molecular weight is 265 g/mol. The first-order valence-corrected chi connectivity index (χ1v) is 6.20. The van der Waals surface area contributed by atoms with Gasteiger partial charge in [-0.3, -0.25) is 9.59 Å². The highest BCUT2D eigenvalue weighted by Gasteiger charge is 2.11. The first kappa shape index (κ1) is 16.2. The van der Waals surface area contributed by atoms with Gasteiger partial charge in [0.2, 0.25) is 11.8 Å². The Balaban J connectivity index is 3.71. The number of amides is 2. The second kappa shape index (κ2) is 10.4. The number of ether oxygens (including phenoxy) is 1. The van der Waals surface area contributed by atoms with Crippen molar-refractivity contribution in [2.45, 2.75) is 19.3 Å². The van der Waals surface area contributed by atoms with E-state index in [1.807, 2.05) is 0 Å². The Morgan fingerprint density at radius 1 is 1.35 bits per heavy atom. The number of likely N-dealkylation sites (N-methyl/N-ethyl adjacent to an activating group) is 1. The minimum Gasteiger partial charge on any atom is -0.383 e. The zero-order valence-electron chi connectivity index (χ0n) is 10.5. The van der Waals surface area contributed by atoms with Gasteiger partial charge in [0.25, 0.3) is 0 Å². The molecular weight excluding hydrogens is 244 g/mol. The number of hydrogen-bond donors (Lipinski definition) is 1. The lowest BCUT2D eigenvalue weighted by molar-refractivity contribution is -0.134. The summed E-state index contributed by atoms with van der Waals surface area (Å²) < 4.78 is 4.80. The summed E-state index contributed by atoms with van der Waals surface area (Å²) in [7, 11) is 3.19. The largest absolute Gasteiger partial charge is 0.383 e. The highest BCUT2D eigenvalue weighted by molar-refractivity contribution is 6.17. The van der Waals surface area contributed by atoms with Crippen LogP contribution < -0.4 is 5.32 Å². The van der Waals surface area contributed by atoms with Crippen molar-refractivity contribution in [1.82, 2.24) is 10.2 Å². The predicted molar refractivity (Wildman–Crippen MR) is 67.1 cm³/mol. The van der Waals surface area contributed by atoms with E-state index in [-0.39, 0.29) is 18.4 Å². The molecule has 17 heavy (non-hydrogen) atoms. The van der Waals surface area contributed by atoms with Crippen molar-refractivity contribution in [3.8, 4) is 0 Å². The molecule has 0 aliphatic rings. The molecule has 0 aromatic carbocycles. The highest BCUT2D eigenvalue weighted by Crippen LogP contribution is 2.00. The van der Waals surface area contributed by atoms with Gasteiger partial charge in [-0.2, -0.15) is 0 Å². The number of halogens is 1. The number of carbonyl (C=O) groups excluding carboxylic acids is 2. The monoisotopic (exact) mass is 264 g/mol. The zero-order valence-corrected chi connectivity index (χ0v) is 11.3. The summed E-state index contributed by atoms with van der Waals surface area (Å²) in [5.41, 5.74) is 0. The van der Waals surface area contributed by atoms with Gasteiger partial charge in [-0.1, -0.05) is 0 Å². The van der Waals surface area contributed by atoms with Crippen molar-refractivity contribution in [2.75, 3.05) is 39.7 Å². The molecule has 0 saturated heterocycles. The number of nitrogens with zero attached hydrogens (tertiary/aromatic N) is 1. The molecule has 100 valence electrons. The lowest BCUT2D eigenvalue weighted by Gasteiger charge is -2.16. The SMILES string of the molecule is COCCNC(=O)CN(C)C(=O)CCCCCl. The molecule has 6 heteroatoms. The number of rotatable bonds is 9. The lowest BCUT2D eigenvalue weighted by atomic mass is 10.2. The Labute approximate surface area is 107 Å². The maximum Gasteiger partial charge on any atom is 0.239 e. The minimum absolute atomic E-state index is 0.0305.